The highest BCUT2D eigenvalue weighted by Crippen LogP contribution is 2.27. The highest BCUT2D eigenvalue weighted by Gasteiger charge is 2.17. The maximum Gasteiger partial charge on any atom is 0.177 e. The lowest BCUT2D eigenvalue weighted by molar-refractivity contribution is 0.589. The number of anilines is 2. The van der Waals surface area contributed by atoms with Crippen molar-refractivity contribution in [3.8, 4) is 0 Å². The number of rotatable bonds is 8. The van der Waals surface area contributed by atoms with Gasteiger partial charge in [-0.05, 0) is 35.9 Å². The van der Waals surface area contributed by atoms with E-state index in [1.807, 2.05) is 24.3 Å². The molecule has 1 heterocycles. The van der Waals surface area contributed by atoms with Gasteiger partial charge in [-0.2, -0.15) is 0 Å². The number of hydrogen-bond donors (Lipinski definition) is 3. The lowest BCUT2D eigenvalue weighted by Crippen LogP contribution is -2.43. The second-order valence-corrected chi connectivity index (χ2v) is 9.82. The van der Waals surface area contributed by atoms with Crippen molar-refractivity contribution in [3.05, 3.63) is 52.5 Å². The van der Waals surface area contributed by atoms with Crippen molar-refractivity contribution >= 4 is 37.1 Å². The first-order valence-electron chi connectivity index (χ1n) is 9.42. The Balaban J connectivity index is 1.61. The zero-order valence-corrected chi connectivity index (χ0v) is 18.4. The second kappa shape index (κ2) is 9.73. The average Bonchev–Trinajstić information content (AvgIpc) is 2.67. The average molecular weight is 467 g/mol. The molecule has 3 N–H and O–H groups in total. The molecule has 0 radical (unpaired) electrons. The molecule has 0 atom stereocenters. The topological polar surface area (TPSA) is 73.5 Å². The number of piperazine rings is 1. The molecule has 0 bridgehead atoms. The van der Waals surface area contributed by atoms with Crippen LogP contribution in [0.2, 0.25) is 0 Å². The van der Waals surface area contributed by atoms with E-state index in [9.17, 15) is 8.42 Å². The molecule has 6 nitrogen and oxygen atoms in total. The Labute approximate surface area is 175 Å². The van der Waals surface area contributed by atoms with Gasteiger partial charge >= 0.3 is 0 Å². The highest BCUT2D eigenvalue weighted by atomic mass is 79.9. The van der Waals surface area contributed by atoms with Crippen LogP contribution in [0.15, 0.2) is 51.8 Å². The van der Waals surface area contributed by atoms with Crippen molar-refractivity contribution < 1.29 is 8.42 Å². The Kier molecular flexibility index (Phi) is 7.34. The van der Waals surface area contributed by atoms with Crippen LogP contribution in [-0.2, 0) is 16.4 Å². The van der Waals surface area contributed by atoms with E-state index >= 15 is 0 Å². The summed E-state index contributed by atoms with van der Waals surface area (Å²) in [5.74, 6) is 0. The van der Waals surface area contributed by atoms with Crippen molar-refractivity contribution in [1.82, 2.24) is 10.6 Å². The summed E-state index contributed by atoms with van der Waals surface area (Å²) >= 11 is 3.48. The molecule has 2 aromatic carbocycles. The summed E-state index contributed by atoms with van der Waals surface area (Å²) in [6, 6.07) is 13.7. The summed E-state index contributed by atoms with van der Waals surface area (Å²) in [6.45, 7) is 5.86. The zero-order chi connectivity index (χ0) is 20.0. The van der Waals surface area contributed by atoms with E-state index in [1.54, 1.807) is 6.07 Å². The first-order chi connectivity index (χ1) is 13.4. The largest absolute Gasteiger partial charge is 0.383 e. The van der Waals surface area contributed by atoms with Gasteiger partial charge in [0.25, 0.3) is 0 Å². The van der Waals surface area contributed by atoms with Gasteiger partial charge in [-0.1, -0.05) is 28.1 Å². The highest BCUT2D eigenvalue weighted by molar-refractivity contribution is 9.10. The number of sulfone groups is 1. The summed E-state index contributed by atoms with van der Waals surface area (Å²) < 4.78 is 25.4. The molecule has 2 aromatic rings. The van der Waals surface area contributed by atoms with E-state index in [2.05, 4.69) is 48.9 Å². The number of halogens is 1. The number of nitrogens with zero attached hydrogens (tertiary/aromatic N) is 1. The third-order valence-electron chi connectivity index (χ3n) is 4.68. The smallest absolute Gasteiger partial charge is 0.177 e. The molecule has 8 heteroatoms. The third kappa shape index (κ3) is 5.94. The Hall–Kier alpha value is -1.61. The van der Waals surface area contributed by atoms with Crippen LogP contribution in [0.5, 0.6) is 0 Å². The molecule has 1 aliphatic rings. The first-order valence-corrected chi connectivity index (χ1v) is 12.1. The monoisotopic (exact) mass is 466 g/mol. The van der Waals surface area contributed by atoms with Crippen LogP contribution < -0.4 is 20.9 Å². The number of nitrogens with one attached hydrogen (secondary N) is 3. The van der Waals surface area contributed by atoms with Gasteiger partial charge in [0, 0.05) is 62.2 Å². The van der Waals surface area contributed by atoms with Gasteiger partial charge in [0.05, 0.1) is 10.6 Å². The predicted molar refractivity (Wildman–Crippen MR) is 119 cm³/mol. The minimum Gasteiger partial charge on any atom is -0.383 e. The minimum absolute atomic E-state index is 0.346. The SMILES string of the molecule is CS(=O)(=O)c1ccc(N2CCNCC2)cc1NCCNCc1cccc(Br)c1. The molecule has 0 aromatic heterocycles. The number of benzene rings is 2. The Morgan fingerprint density at radius 3 is 2.61 bits per heavy atom. The normalized spacial score (nSPS) is 14.9. The minimum atomic E-state index is -3.29. The summed E-state index contributed by atoms with van der Waals surface area (Å²) in [5, 5.41) is 10.0. The van der Waals surface area contributed by atoms with Crippen molar-refractivity contribution in [2.45, 2.75) is 11.4 Å². The van der Waals surface area contributed by atoms with Gasteiger partial charge in [-0.3, -0.25) is 0 Å². The van der Waals surface area contributed by atoms with Crippen LogP contribution >= 0.6 is 15.9 Å². The molecule has 3 rings (SSSR count). The van der Waals surface area contributed by atoms with Crippen molar-refractivity contribution in [2.75, 3.05) is 55.7 Å². The standard InChI is InChI=1S/C20H27BrN4O2S/c1-28(26,27)20-6-5-18(25-11-9-22-10-12-25)14-19(20)24-8-7-23-15-16-3-2-4-17(21)13-16/h2-6,13-14,22-24H,7-12,15H2,1H3. The van der Waals surface area contributed by atoms with E-state index in [4.69, 9.17) is 0 Å². The van der Waals surface area contributed by atoms with Crippen LogP contribution in [0, 0.1) is 0 Å². The third-order valence-corrected chi connectivity index (χ3v) is 6.33. The Bertz CT molecular complexity index is 899. The molecule has 0 saturated carbocycles. The quantitative estimate of drug-likeness (QED) is 0.519. The molecule has 1 saturated heterocycles. The van der Waals surface area contributed by atoms with E-state index in [0.717, 1.165) is 49.4 Å². The molecule has 1 aliphatic heterocycles. The summed E-state index contributed by atoms with van der Waals surface area (Å²) in [4.78, 5) is 2.62. The van der Waals surface area contributed by atoms with Gasteiger partial charge in [0.2, 0.25) is 0 Å². The summed E-state index contributed by atoms with van der Waals surface area (Å²) in [7, 11) is -3.29. The Morgan fingerprint density at radius 2 is 1.89 bits per heavy atom. The van der Waals surface area contributed by atoms with Gasteiger partial charge in [0.15, 0.2) is 9.84 Å². The fraction of sp³-hybridized carbons (Fsp3) is 0.400. The van der Waals surface area contributed by atoms with Gasteiger partial charge in [-0.25, -0.2) is 8.42 Å². The van der Waals surface area contributed by atoms with E-state index in [0.29, 0.717) is 17.1 Å². The fourth-order valence-electron chi connectivity index (χ4n) is 3.26. The molecule has 0 aliphatic carbocycles. The molecule has 0 spiro atoms. The Morgan fingerprint density at radius 1 is 1.11 bits per heavy atom. The van der Waals surface area contributed by atoms with Gasteiger partial charge in [-0.15, -0.1) is 0 Å². The van der Waals surface area contributed by atoms with E-state index in [-0.39, 0.29) is 0 Å². The van der Waals surface area contributed by atoms with Crippen LogP contribution in [0.25, 0.3) is 0 Å². The summed E-state index contributed by atoms with van der Waals surface area (Å²) in [6.07, 6.45) is 1.25. The molecular formula is C20H27BrN4O2S. The maximum atomic E-state index is 12.2. The molecule has 152 valence electrons. The van der Waals surface area contributed by atoms with E-state index in [1.165, 1.54) is 11.8 Å². The van der Waals surface area contributed by atoms with Crippen LogP contribution in [0.3, 0.4) is 0 Å². The van der Waals surface area contributed by atoms with Crippen LogP contribution in [0.1, 0.15) is 5.56 Å². The first kappa shape index (κ1) is 21.1. The fourth-order valence-corrected chi connectivity index (χ4v) is 4.56. The summed E-state index contributed by atoms with van der Waals surface area (Å²) in [5.41, 5.74) is 2.92. The predicted octanol–water partition coefficient (Wildman–Crippen LogP) is 2.46. The molecule has 0 unspecified atom stereocenters. The van der Waals surface area contributed by atoms with Gasteiger partial charge in [0.1, 0.15) is 0 Å². The molecule has 28 heavy (non-hydrogen) atoms. The molecule has 0 amide bonds. The van der Waals surface area contributed by atoms with Gasteiger partial charge < -0.3 is 20.9 Å². The van der Waals surface area contributed by atoms with Crippen LogP contribution in [0.4, 0.5) is 11.4 Å². The van der Waals surface area contributed by atoms with Crippen molar-refractivity contribution in [3.63, 3.8) is 0 Å². The van der Waals surface area contributed by atoms with Crippen LogP contribution in [-0.4, -0.2) is 53.9 Å². The maximum absolute atomic E-state index is 12.2. The zero-order valence-electron chi connectivity index (χ0n) is 16.0. The lowest BCUT2D eigenvalue weighted by Gasteiger charge is -2.30. The molecular weight excluding hydrogens is 440 g/mol. The lowest BCUT2D eigenvalue weighted by atomic mass is 10.2. The number of hydrogen-bond acceptors (Lipinski definition) is 6. The van der Waals surface area contributed by atoms with Crippen molar-refractivity contribution in [1.29, 1.82) is 0 Å². The molecule has 1 fully saturated rings. The van der Waals surface area contributed by atoms with Crippen molar-refractivity contribution in [2.24, 2.45) is 0 Å². The second-order valence-electron chi connectivity index (χ2n) is 6.92. The van der Waals surface area contributed by atoms with E-state index < -0.39 is 9.84 Å².